The molecule has 1 aliphatic carbocycles. The van der Waals surface area contributed by atoms with Crippen molar-refractivity contribution in [1.29, 1.82) is 0 Å². The van der Waals surface area contributed by atoms with Gasteiger partial charge in [0.1, 0.15) is 0 Å². The molecule has 2 unspecified atom stereocenters. The zero-order valence-electron chi connectivity index (χ0n) is 8.78. The first kappa shape index (κ1) is 9.61. The minimum absolute atomic E-state index is 0.862. The van der Waals surface area contributed by atoms with Crippen molar-refractivity contribution in [3.63, 3.8) is 0 Å². The van der Waals surface area contributed by atoms with E-state index in [9.17, 15) is 0 Å². The lowest BCUT2D eigenvalue weighted by molar-refractivity contribution is 0.323. The molecule has 2 atom stereocenters. The molecule has 0 aromatic carbocycles. The maximum Gasteiger partial charge on any atom is -0.0215 e. The van der Waals surface area contributed by atoms with E-state index in [-0.39, 0.29) is 0 Å². The minimum Gasteiger partial charge on any atom is -0.123 e. The Balaban J connectivity index is 2.69. The summed E-state index contributed by atoms with van der Waals surface area (Å²) in [6.45, 7) is 8.99. The number of hydrogen-bond donors (Lipinski definition) is 0. The summed E-state index contributed by atoms with van der Waals surface area (Å²) in [5.74, 6) is 1.77. The molecule has 0 heteroatoms. The van der Waals surface area contributed by atoms with E-state index in [0.717, 1.165) is 11.8 Å². The summed E-state index contributed by atoms with van der Waals surface area (Å²) in [6.07, 6.45) is 3.90. The monoisotopic (exact) mass is 164 g/mol. The summed E-state index contributed by atoms with van der Waals surface area (Å²) < 4.78 is 0. The Morgan fingerprint density at radius 2 is 1.92 bits per heavy atom. The molecule has 0 N–H and O–H groups in total. The van der Waals surface area contributed by atoms with Crippen LogP contribution in [0.25, 0.3) is 0 Å². The fourth-order valence-corrected chi connectivity index (χ4v) is 1.85. The van der Waals surface area contributed by atoms with Crippen molar-refractivity contribution in [2.24, 2.45) is 11.8 Å². The molecule has 0 saturated heterocycles. The van der Waals surface area contributed by atoms with Crippen molar-refractivity contribution in [1.82, 2.24) is 0 Å². The van der Waals surface area contributed by atoms with Gasteiger partial charge in [-0.2, -0.15) is 0 Å². The van der Waals surface area contributed by atoms with Crippen molar-refractivity contribution < 1.29 is 0 Å². The first-order chi connectivity index (χ1) is 5.59. The van der Waals surface area contributed by atoms with Gasteiger partial charge in [0.2, 0.25) is 0 Å². The average Bonchev–Trinajstić information content (AvgIpc) is 1.96. The molecule has 0 aromatic heterocycles. The second-order valence-electron chi connectivity index (χ2n) is 4.43. The topological polar surface area (TPSA) is 0 Å². The summed E-state index contributed by atoms with van der Waals surface area (Å²) >= 11 is 0. The SMILES string of the molecule is CC(C)=C=C1CCC(C)C(C)C1. The van der Waals surface area contributed by atoms with Crippen LogP contribution < -0.4 is 0 Å². The Hall–Kier alpha value is -0.480. The lowest BCUT2D eigenvalue weighted by Gasteiger charge is -2.26. The Kier molecular flexibility index (Phi) is 3.17. The third-order valence-corrected chi connectivity index (χ3v) is 2.87. The van der Waals surface area contributed by atoms with Crippen LogP contribution in [0.3, 0.4) is 0 Å². The molecule has 0 amide bonds. The average molecular weight is 164 g/mol. The standard InChI is InChI=1S/C12H20/c1-9(2)7-12-6-5-10(3)11(4)8-12/h10-11H,5-6,8H2,1-4H3. The molecule has 0 aliphatic heterocycles. The van der Waals surface area contributed by atoms with E-state index in [1.807, 2.05) is 0 Å². The summed E-state index contributed by atoms with van der Waals surface area (Å²) in [6, 6.07) is 0. The van der Waals surface area contributed by atoms with E-state index in [1.54, 1.807) is 5.57 Å². The van der Waals surface area contributed by atoms with Crippen molar-refractivity contribution in [2.75, 3.05) is 0 Å². The van der Waals surface area contributed by atoms with Gasteiger partial charge in [-0.25, -0.2) is 0 Å². The summed E-state index contributed by atoms with van der Waals surface area (Å²) in [4.78, 5) is 0. The number of hydrogen-bond acceptors (Lipinski definition) is 0. The third-order valence-electron chi connectivity index (χ3n) is 2.87. The molecule has 0 bridgehead atoms. The van der Waals surface area contributed by atoms with Crippen LogP contribution in [0.2, 0.25) is 0 Å². The molecular formula is C12H20. The quantitative estimate of drug-likeness (QED) is 0.476. The van der Waals surface area contributed by atoms with E-state index < -0.39 is 0 Å². The maximum absolute atomic E-state index is 3.47. The summed E-state index contributed by atoms with van der Waals surface area (Å²) in [5.41, 5.74) is 6.33. The van der Waals surface area contributed by atoms with Gasteiger partial charge in [-0.1, -0.05) is 13.8 Å². The third kappa shape index (κ3) is 2.53. The van der Waals surface area contributed by atoms with E-state index in [4.69, 9.17) is 0 Å². The van der Waals surface area contributed by atoms with E-state index in [1.165, 1.54) is 24.8 Å². The summed E-state index contributed by atoms with van der Waals surface area (Å²) in [7, 11) is 0. The highest BCUT2D eigenvalue weighted by Gasteiger charge is 2.19. The zero-order valence-corrected chi connectivity index (χ0v) is 8.78. The highest BCUT2D eigenvalue weighted by Crippen LogP contribution is 2.32. The minimum atomic E-state index is 0.862. The highest BCUT2D eigenvalue weighted by molar-refractivity contribution is 5.09. The fraction of sp³-hybridized carbons (Fsp3) is 0.750. The summed E-state index contributed by atoms with van der Waals surface area (Å²) in [5, 5.41) is 0. The molecule has 1 fully saturated rings. The molecule has 0 heterocycles. The molecular weight excluding hydrogens is 144 g/mol. The number of allylic oxidation sites excluding steroid dienone is 1. The molecule has 1 saturated carbocycles. The molecule has 0 nitrogen and oxygen atoms in total. The Bertz CT molecular complexity index is 212. The zero-order chi connectivity index (χ0) is 9.14. The normalized spacial score (nSPS) is 29.8. The van der Waals surface area contributed by atoms with Crippen LogP contribution >= 0.6 is 0 Å². The van der Waals surface area contributed by atoms with Gasteiger partial charge in [0.15, 0.2) is 0 Å². The van der Waals surface area contributed by atoms with Gasteiger partial charge in [-0.3, -0.25) is 0 Å². The molecule has 0 aromatic rings. The molecule has 12 heavy (non-hydrogen) atoms. The van der Waals surface area contributed by atoms with Crippen LogP contribution in [0.15, 0.2) is 16.9 Å². The van der Waals surface area contributed by atoms with Gasteiger partial charge in [-0.05, 0) is 56.1 Å². The van der Waals surface area contributed by atoms with Gasteiger partial charge in [0.25, 0.3) is 0 Å². The van der Waals surface area contributed by atoms with Gasteiger partial charge < -0.3 is 0 Å². The van der Waals surface area contributed by atoms with Gasteiger partial charge in [0.05, 0.1) is 0 Å². The number of rotatable bonds is 0. The Labute approximate surface area is 76.4 Å². The lowest BCUT2D eigenvalue weighted by Crippen LogP contribution is -2.14. The lowest BCUT2D eigenvalue weighted by atomic mass is 9.79. The highest BCUT2D eigenvalue weighted by atomic mass is 14.2. The smallest absolute Gasteiger partial charge is 0.0215 e. The van der Waals surface area contributed by atoms with Gasteiger partial charge >= 0.3 is 0 Å². The van der Waals surface area contributed by atoms with E-state index >= 15 is 0 Å². The maximum atomic E-state index is 3.47. The van der Waals surface area contributed by atoms with Gasteiger partial charge in [-0.15, -0.1) is 5.73 Å². The fourth-order valence-electron chi connectivity index (χ4n) is 1.85. The first-order valence-electron chi connectivity index (χ1n) is 5.01. The largest absolute Gasteiger partial charge is 0.123 e. The van der Waals surface area contributed by atoms with E-state index in [2.05, 4.69) is 33.4 Å². The molecule has 1 rings (SSSR count). The van der Waals surface area contributed by atoms with Crippen molar-refractivity contribution in [3.05, 3.63) is 16.9 Å². The van der Waals surface area contributed by atoms with Crippen LogP contribution in [0.4, 0.5) is 0 Å². The van der Waals surface area contributed by atoms with Crippen molar-refractivity contribution in [3.8, 4) is 0 Å². The van der Waals surface area contributed by atoms with Crippen LogP contribution in [0.5, 0.6) is 0 Å². The van der Waals surface area contributed by atoms with Crippen LogP contribution in [0.1, 0.15) is 47.0 Å². The predicted octanol–water partition coefficient (Wildman–Crippen LogP) is 3.93. The predicted molar refractivity (Wildman–Crippen MR) is 54.1 cm³/mol. The second kappa shape index (κ2) is 3.96. The molecule has 68 valence electrons. The molecule has 0 radical (unpaired) electrons. The first-order valence-corrected chi connectivity index (χ1v) is 5.01. The van der Waals surface area contributed by atoms with Crippen LogP contribution in [0, 0.1) is 11.8 Å². The van der Waals surface area contributed by atoms with Crippen LogP contribution in [-0.4, -0.2) is 0 Å². The van der Waals surface area contributed by atoms with Gasteiger partial charge in [0, 0.05) is 0 Å². The Morgan fingerprint density at radius 1 is 1.25 bits per heavy atom. The van der Waals surface area contributed by atoms with Crippen LogP contribution in [-0.2, 0) is 0 Å². The molecule has 1 aliphatic rings. The molecule has 0 spiro atoms. The van der Waals surface area contributed by atoms with Crippen molar-refractivity contribution in [2.45, 2.75) is 47.0 Å². The van der Waals surface area contributed by atoms with Crippen molar-refractivity contribution >= 4 is 0 Å². The second-order valence-corrected chi connectivity index (χ2v) is 4.43. The van der Waals surface area contributed by atoms with E-state index in [0.29, 0.717) is 0 Å². The Morgan fingerprint density at radius 3 is 2.42 bits per heavy atom.